The molecule has 6 heteroatoms. The summed E-state index contributed by atoms with van der Waals surface area (Å²) in [6, 6.07) is 5.33. The zero-order valence-electron chi connectivity index (χ0n) is 12.5. The van der Waals surface area contributed by atoms with Crippen LogP contribution in [0.4, 0.5) is 0 Å². The van der Waals surface area contributed by atoms with Crippen LogP contribution in [0.1, 0.15) is 24.8 Å². The number of halogens is 2. The van der Waals surface area contributed by atoms with Crippen LogP contribution in [0.2, 0.25) is 10.0 Å². The molecule has 0 aliphatic carbocycles. The van der Waals surface area contributed by atoms with Crippen molar-refractivity contribution in [2.45, 2.75) is 25.7 Å². The lowest BCUT2D eigenvalue weighted by Gasteiger charge is -2.30. The van der Waals surface area contributed by atoms with Gasteiger partial charge in [-0.15, -0.1) is 0 Å². The van der Waals surface area contributed by atoms with Crippen LogP contribution in [-0.2, 0) is 20.7 Å². The summed E-state index contributed by atoms with van der Waals surface area (Å²) in [6.07, 6.45) is 2.21. The van der Waals surface area contributed by atoms with Gasteiger partial charge in [-0.2, -0.15) is 0 Å². The highest BCUT2D eigenvalue weighted by atomic mass is 35.5. The van der Waals surface area contributed by atoms with Crippen LogP contribution in [0.3, 0.4) is 0 Å². The molecule has 2 rings (SSSR count). The third kappa shape index (κ3) is 4.14. The van der Waals surface area contributed by atoms with E-state index in [1.54, 1.807) is 23.1 Å². The summed E-state index contributed by atoms with van der Waals surface area (Å²) in [5, 5.41) is 1.18. The normalized spacial score (nSPS) is 15.7. The average molecular weight is 344 g/mol. The number of benzene rings is 1. The second-order valence-electron chi connectivity index (χ2n) is 5.38. The van der Waals surface area contributed by atoms with Gasteiger partial charge >= 0.3 is 5.97 Å². The van der Waals surface area contributed by atoms with Gasteiger partial charge in [-0.05, 0) is 37.0 Å². The largest absolute Gasteiger partial charge is 0.469 e. The predicted molar refractivity (Wildman–Crippen MR) is 86.1 cm³/mol. The second kappa shape index (κ2) is 7.84. The molecule has 1 aromatic rings. The molecule has 0 spiro atoms. The molecule has 1 fully saturated rings. The molecule has 0 atom stereocenters. The van der Waals surface area contributed by atoms with E-state index in [9.17, 15) is 9.59 Å². The summed E-state index contributed by atoms with van der Waals surface area (Å²) in [6.45, 7) is 1.18. The minimum atomic E-state index is -0.185. The number of carbonyl (C=O) groups is 2. The highest BCUT2D eigenvalue weighted by Gasteiger charge is 2.27. The molecule has 0 saturated carbocycles. The van der Waals surface area contributed by atoms with E-state index in [4.69, 9.17) is 27.9 Å². The Kier molecular flexibility index (Phi) is 6.09. The third-order valence-corrected chi connectivity index (χ3v) is 4.74. The molecule has 22 heavy (non-hydrogen) atoms. The maximum atomic E-state index is 12.3. The Morgan fingerprint density at radius 3 is 2.36 bits per heavy atom. The van der Waals surface area contributed by atoms with Crippen molar-refractivity contribution in [1.29, 1.82) is 0 Å². The molecule has 0 bridgehead atoms. The number of hydrogen-bond acceptors (Lipinski definition) is 3. The molecule has 0 radical (unpaired) electrons. The molecule has 0 N–H and O–H groups in total. The SMILES string of the molecule is COC(=O)C1CCN(C(=O)CCc2c(Cl)cccc2Cl)CC1. The Morgan fingerprint density at radius 2 is 1.82 bits per heavy atom. The van der Waals surface area contributed by atoms with E-state index in [0.717, 1.165) is 5.56 Å². The quantitative estimate of drug-likeness (QED) is 0.787. The smallest absolute Gasteiger partial charge is 0.308 e. The zero-order chi connectivity index (χ0) is 16.1. The molecule has 1 aliphatic heterocycles. The first kappa shape index (κ1) is 17.1. The molecular formula is C16H19Cl2NO3. The van der Waals surface area contributed by atoms with Crippen molar-refractivity contribution in [3.8, 4) is 0 Å². The van der Waals surface area contributed by atoms with E-state index >= 15 is 0 Å². The van der Waals surface area contributed by atoms with Gasteiger partial charge in [-0.3, -0.25) is 9.59 Å². The lowest BCUT2D eigenvalue weighted by Crippen LogP contribution is -2.40. The zero-order valence-corrected chi connectivity index (χ0v) is 14.0. The number of piperidine rings is 1. The summed E-state index contributed by atoms with van der Waals surface area (Å²) in [7, 11) is 1.40. The fourth-order valence-corrected chi connectivity index (χ4v) is 3.28. The Morgan fingerprint density at radius 1 is 1.23 bits per heavy atom. The van der Waals surface area contributed by atoms with Gasteiger partial charge in [0.25, 0.3) is 0 Å². The first-order valence-corrected chi connectivity index (χ1v) is 8.07. The molecular weight excluding hydrogens is 325 g/mol. The Labute approximate surface area is 140 Å². The van der Waals surface area contributed by atoms with Gasteiger partial charge in [-0.1, -0.05) is 29.3 Å². The monoisotopic (exact) mass is 343 g/mol. The first-order chi connectivity index (χ1) is 10.5. The van der Waals surface area contributed by atoms with Gasteiger partial charge in [0.05, 0.1) is 13.0 Å². The fourth-order valence-electron chi connectivity index (χ4n) is 2.69. The maximum absolute atomic E-state index is 12.3. The van der Waals surface area contributed by atoms with Crippen molar-refractivity contribution in [2.24, 2.45) is 5.92 Å². The van der Waals surface area contributed by atoms with Crippen LogP contribution in [0.5, 0.6) is 0 Å². The van der Waals surface area contributed by atoms with Crippen LogP contribution in [0, 0.1) is 5.92 Å². The van der Waals surface area contributed by atoms with E-state index in [1.807, 2.05) is 0 Å². The van der Waals surface area contributed by atoms with Gasteiger partial charge in [0.2, 0.25) is 5.91 Å². The molecule has 1 aromatic carbocycles. The predicted octanol–water partition coefficient (Wildman–Crippen LogP) is 3.34. The lowest BCUT2D eigenvalue weighted by atomic mass is 9.96. The number of nitrogens with zero attached hydrogens (tertiary/aromatic N) is 1. The summed E-state index contributed by atoms with van der Waals surface area (Å²) in [4.78, 5) is 25.5. The lowest BCUT2D eigenvalue weighted by molar-refractivity contribution is -0.148. The van der Waals surface area contributed by atoms with E-state index in [2.05, 4.69) is 0 Å². The molecule has 0 unspecified atom stereocenters. The highest BCUT2D eigenvalue weighted by Crippen LogP contribution is 2.26. The number of esters is 1. The Hall–Kier alpha value is -1.26. The van der Waals surface area contributed by atoms with E-state index in [1.165, 1.54) is 7.11 Å². The van der Waals surface area contributed by atoms with Crippen molar-refractivity contribution >= 4 is 35.1 Å². The number of carbonyl (C=O) groups excluding carboxylic acids is 2. The van der Waals surface area contributed by atoms with Gasteiger partial charge < -0.3 is 9.64 Å². The van der Waals surface area contributed by atoms with Gasteiger partial charge in [0.1, 0.15) is 0 Å². The minimum absolute atomic E-state index is 0.0688. The maximum Gasteiger partial charge on any atom is 0.308 e. The Bertz CT molecular complexity index is 534. The highest BCUT2D eigenvalue weighted by molar-refractivity contribution is 6.36. The van der Waals surface area contributed by atoms with Gasteiger partial charge in [0, 0.05) is 29.6 Å². The molecule has 120 valence electrons. The molecule has 0 aromatic heterocycles. The average Bonchev–Trinajstić information content (AvgIpc) is 2.53. The van der Waals surface area contributed by atoms with Crippen LogP contribution >= 0.6 is 23.2 Å². The number of ether oxygens (including phenoxy) is 1. The van der Waals surface area contributed by atoms with Crippen LogP contribution in [0.25, 0.3) is 0 Å². The van der Waals surface area contributed by atoms with Crippen molar-refractivity contribution < 1.29 is 14.3 Å². The standard InChI is InChI=1S/C16H19Cl2NO3/c1-22-16(21)11-7-9-19(10-8-11)15(20)6-5-12-13(17)3-2-4-14(12)18/h2-4,11H,5-10H2,1H3. The van der Waals surface area contributed by atoms with Crippen molar-refractivity contribution in [2.75, 3.05) is 20.2 Å². The third-order valence-electron chi connectivity index (χ3n) is 4.03. The van der Waals surface area contributed by atoms with E-state index in [-0.39, 0.29) is 17.8 Å². The summed E-state index contributed by atoms with van der Waals surface area (Å²) in [5.74, 6) is -0.207. The van der Waals surface area contributed by atoms with Crippen LogP contribution in [-0.4, -0.2) is 37.0 Å². The second-order valence-corrected chi connectivity index (χ2v) is 6.19. The van der Waals surface area contributed by atoms with Crippen LogP contribution in [0.15, 0.2) is 18.2 Å². The number of hydrogen-bond donors (Lipinski definition) is 0. The summed E-state index contributed by atoms with van der Waals surface area (Å²) < 4.78 is 4.75. The van der Waals surface area contributed by atoms with E-state index < -0.39 is 0 Å². The minimum Gasteiger partial charge on any atom is -0.469 e. The Balaban J connectivity index is 1.85. The van der Waals surface area contributed by atoms with Gasteiger partial charge in [0.15, 0.2) is 0 Å². The number of rotatable bonds is 4. The van der Waals surface area contributed by atoms with Crippen molar-refractivity contribution in [1.82, 2.24) is 4.90 Å². The van der Waals surface area contributed by atoms with Crippen molar-refractivity contribution in [3.05, 3.63) is 33.8 Å². The molecule has 1 saturated heterocycles. The fraction of sp³-hybridized carbons (Fsp3) is 0.500. The molecule has 1 aliphatic rings. The number of amides is 1. The number of methoxy groups -OCH3 is 1. The topological polar surface area (TPSA) is 46.6 Å². The van der Waals surface area contributed by atoms with Crippen LogP contribution < -0.4 is 0 Å². The summed E-state index contributed by atoms with van der Waals surface area (Å²) in [5.41, 5.74) is 0.809. The first-order valence-electron chi connectivity index (χ1n) is 7.31. The molecule has 1 amide bonds. The molecule has 1 heterocycles. The molecule has 4 nitrogen and oxygen atoms in total. The van der Waals surface area contributed by atoms with Crippen molar-refractivity contribution in [3.63, 3.8) is 0 Å². The van der Waals surface area contributed by atoms with E-state index in [0.29, 0.717) is 48.8 Å². The summed E-state index contributed by atoms with van der Waals surface area (Å²) >= 11 is 12.2. The van der Waals surface area contributed by atoms with Gasteiger partial charge in [-0.25, -0.2) is 0 Å². The number of likely N-dealkylation sites (tertiary alicyclic amines) is 1.